The zero-order valence-electron chi connectivity index (χ0n) is 16.8. The summed E-state index contributed by atoms with van der Waals surface area (Å²) >= 11 is 0. The summed E-state index contributed by atoms with van der Waals surface area (Å²) in [5.74, 6) is 0.859. The van der Waals surface area contributed by atoms with E-state index in [0.717, 1.165) is 50.6 Å². The van der Waals surface area contributed by atoms with Gasteiger partial charge in [0.05, 0.1) is 7.11 Å². The van der Waals surface area contributed by atoms with Gasteiger partial charge in [0.1, 0.15) is 5.75 Å². The van der Waals surface area contributed by atoms with E-state index in [1.54, 1.807) is 7.11 Å². The molecule has 1 aliphatic rings. The second kappa shape index (κ2) is 9.88. The molecule has 0 bridgehead atoms. The van der Waals surface area contributed by atoms with Crippen molar-refractivity contribution in [3.05, 3.63) is 54.6 Å². The molecule has 1 heterocycles. The van der Waals surface area contributed by atoms with Crippen LogP contribution in [0.25, 0.3) is 0 Å². The van der Waals surface area contributed by atoms with Gasteiger partial charge in [0.25, 0.3) is 0 Å². The highest BCUT2D eigenvalue weighted by atomic mass is 16.5. The second-order valence-electron chi connectivity index (χ2n) is 7.02. The molecule has 3 rings (SSSR count). The Balaban J connectivity index is 1.37. The van der Waals surface area contributed by atoms with Crippen LogP contribution in [0.5, 0.6) is 5.75 Å². The average molecular weight is 383 g/mol. The van der Waals surface area contributed by atoms with Crippen molar-refractivity contribution in [2.24, 2.45) is 0 Å². The Kier molecular flexibility index (Phi) is 7.00. The van der Waals surface area contributed by atoms with Gasteiger partial charge in [-0.25, -0.2) is 4.79 Å². The van der Waals surface area contributed by atoms with Crippen molar-refractivity contribution in [2.75, 3.05) is 63.2 Å². The summed E-state index contributed by atoms with van der Waals surface area (Å²) in [4.78, 5) is 18.8. The van der Waals surface area contributed by atoms with E-state index in [2.05, 4.69) is 40.4 Å². The first kappa shape index (κ1) is 19.9. The highest BCUT2D eigenvalue weighted by Gasteiger charge is 2.21. The van der Waals surface area contributed by atoms with Crippen LogP contribution in [0.1, 0.15) is 6.42 Å². The largest absolute Gasteiger partial charge is 0.497 e. The number of rotatable bonds is 7. The monoisotopic (exact) mass is 382 g/mol. The fourth-order valence-electron chi connectivity index (χ4n) is 3.41. The Morgan fingerprint density at radius 2 is 1.82 bits per heavy atom. The van der Waals surface area contributed by atoms with Crippen molar-refractivity contribution in [3.63, 3.8) is 0 Å². The number of amides is 2. The van der Waals surface area contributed by atoms with Crippen LogP contribution in [-0.2, 0) is 0 Å². The molecule has 0 spiro atoms. The number of carbonyl (C=O) groups is 1. The molecule has 1 aliphatic heterocycles. The molecule has 0 aliphatic carbocycles. The molecule has 0 radical (unpaired) electrons. The van der Waals surface area contributed by atoms with Crippen LogP contribution < -0.4 is 19.9 Å². The number of nitrogens with zero attached hydrogens (tertiary/aromatic N) is 3. The third kappa shape index (κ3) is 5.31. The topological polar surface area (TPSA) is 48.1 Å². The predicted octanol–water partition coefficient (Wildman–Crippen LogP) is 3.05. The molecule has 1 N–H and O–H groups in total. The molecule has 2 aromatic rings. The zero-order valence-corrected chi connectivity index (χ0v) is 16.8. The van der Waals surface area contributed by atoms with Gasteiger partial charge in [-0.05, 0) is 30.7 Å². The van der Waals surface area contributed by atoms with E-state index in [0.29, 0.717) is 6.54 Å². The Morgan fingerprint density at radius 3 is 2.54 bits per heavy atom. The first-order valence-electron chi connectivity index (χ1n) is 9.85. The van der Waals surface area contributed by atoms with Gasteiger partial charge in [-0.2, -0.15) is 0 Å². The Hall–Kier alpha value is -2.89. The van der Waals surface area contributed by atoms with Gasteiger partial charge in [0, 0.05) is 63.8 Å². The quantitative estimate of drug-likeness (QED) is 0.748. The van der Waals surface area contributed by atoms with Crippen molar-refractivity contribution in [1.82, 2.24) is 10.2 Å². The van der Waals surface area contributed by atoms with E-state index in [4.69, 9.17) is 4.74 Å². The van der Waals surface area contributed by atoms with Crippen molar-refractivity contribution in [1.29, 1.82) is 0 Å². The van der Waals surface area contributed by atoms with E-state index >= 15 is 0 Å². The molecule has 0 unspecified atom stereocenters. The first-order valence-corrected chi connectivity index (χ1v) is 9.85. The highest BCUT2D eigenvalue weighted by molar-refractivity contribution is 5.74. The predicted molar refractivity (Wildman–Crippen MR) is 115 cm³/mol. The minimum Gasteiger partial charge on any atom is -0.497 e. The third-order valence-electron chi connectivity index (χ3n) is 5.13. The van der Waals surface area contributed by atoms with E-state index in [-0.39, 0.29) is 6.03 Å². The summed E-state index contributed by atoms with van der Waals surface area (Å²) in [6, 6.07) is 18.4. The number of urea groups is 1. The molecular formula is C22H30N4O2. The summed E-state index contributed by atoms with van der Waals surface area (Å²) in [5.41, 5.74) is 2.34. The third-order valence-corrected chi connectivity index (χ3v) is 5.13. The van der Waals surface area contributed by atoms with Crippen LogP contribution >= 0.6 is 0 Å². The molecular weight excluding hydrogens is 352 g/mol. The number of piperazine rings is 1. The summed E-state index contributed by atoms with van der Waals surface area (Å²) in [6.45, 7) is 4.72. The molecule has 1 saturated heterocycles. The smallest absolute Gasteiger partial charge is 0.317 e. The van der Waals surface area contributed by atoms with Crippen molar-refractivity contribution >= 4 is 17.4 Å². The summed E-state index contributed by atoms with van der Waals surface area (Å²) in [6.07, 6.45) is 0.918. The van der Waals surface area contributed by atoms with Crippen LogP contribution in [0.15, 0.2) is 54.6 Å². The lowest BCUT2D eigenvalue weighted by Gasteiger charge is -2.36. The standard InChI is InChI=1S/C22H30N4O2/c1-24(19-8-4-3-5-9-19)13-7-12-23-22(27)26-16-14-25(15-17-26)20-10-6-11-21(18-20)28-2/h3-6,8-11,18H,7,12-17H2,1-2H3,(H,23,27). The summed E-state index contributed by atoms with van der Waals surface area (Å²) in [7, 11) is 3.76. The van der Waals surface area contributed by atoms with Crippen LogP contribution in [0, 0.1) is 0 Å². The van der Waals surface area contributed by atoms with Gasteiger partial charge in [0.15, 0.2) is 0 Å². The maximum atomic E-state index is 12.4. The van der Waals surface area contributed by atoms with Gasteiger partial charge in [0.2, 0.25) is 0 Å². The van der Waals surface area contributed by atoms with Crippen LogP contribution in [0.2, 0.25) is 0 Å². The number of benzene rings is 2. The lowest BCUT2D eigenvalue weighted by molar-refractivity contribution is 0.194. The van der Waals surface area contributed by atoms with Gasteiger partial charge in [-0.1, -0.05) is 24.3 Å². The molecule has 0 saturated carbocycles. The molecule has 0 atom stereocenters. The number of nitrogens with one attached hydrogen (secondary N) is 1. The van der Waals surface area contributed by atoms with Crippen molar-refractivity contribution in [3.8, 4) is 5.75 Å². The SMILES string of the molecule is COc1cccc(N2CCN(C(=O)NCCCN(C)c3ccccc3)CC2)c1. The van der Waals surface area contributed by atoms with Gasteiger partial charge in [-0.3, -0.25) is 0 Å². The number of hydrogen-bond acceptors (Lipinski definition) is 4. The normalized spacial score (nSPS) is 13.9. The number of carbonyl (C=O) groups excluding carboxylic acids is 1. The van der Waals surface area contributed by atoms with Gasteiger partial charge < -0.3 is 24.8 Å². The molecule has 6 heteroatoms. The second-order valence-corrected chi connectivity index (χ2v) is 7.02. The van der Waals surface area contributed by atoms with Crippen LogP contribution in [0.4, 0.5) is 16.2 Å². The molecule has 6 nitrogen and oxygen atoms in total. The van der Waals surface area contributed by atoms with E-state index in [9.17, 15) is 4.79 Å². The zero-order chi connectivity index (χ0) is 19.8. The summed E-state index contributed by atoms with van der Waals surface area (Å²) in [5, 5.41) is 3.05. The average Bonchev–Trinajstić information content (AvgIpc) is 2.77. The highest BCUT2D eigenvalue weighted by Crippen LogP contribution is 2.22. The molecule has 0 aromatic heterocycles. The van der Waals surface area contributed by atoms with Crippen molar-refractivity contribution < 1.29 is 9.53 Å². The van der Waals surface area contributed by atoms with Crippen LogP contribution in [0.3, 0.4) is 0 Å². The maximum Gasteiger partial charge on any atom is 0.317 e. The molecule has 2 aromatic carbocycles. The van der Waals surface area contributed by atoms with Gasteiger partial charge >= 0.3 is 6.03 Å². The fraction of sp³-hybridized carbons (Fsp3) is 0.409. The molecule has 1 fully saturated rings. The van der Waals surface area contributed by atoms with E-state index in [1.165, 1.54) is 5.69 Å². The number of hydrogen-bond donors (Lipinski definition) is 1. The Bertz CT molecular complexity index is 745. The molecule has 150 valence electrons. The number of anilines is 2. The fourth-order valence-corrected chi connectivity index (χ4v) is 3.41. The van der Waals surface area contributed by atoms with Crippen molar-refractivity contribution in [2.45, 2.75) is 6.42 Å². The Morgan fingerprint density at radius 1 is 1.07 bits per heavy atom. The van der Waals surface area contributed by atoms with Gasteiger partial charge in [-0.15, -0.1) is 0 Å². The number of ether oxygens (including phenoxy) is 1. The number of methoxy groups -OCH3 is 1. The van der Waals surface area contributed by atoms with E-state index in [1.807, 2.05) is 41.3 Å². The summed E-state index contributed by atoms with van der Waals surface area (Å²) < 4.78 is 5.30. The lowest BCUT2D eigenvalue weighted by Crippen LogP contribution is -2.52. The van der Waals surface area contributed by atoms with Crippen LogP contribution in [-0.4, -0.2) is 64.4 Å². The maximum absolute atomic E-state index is 12.4. The minimum atomic E-state index is 0.0349. The minimum absolute atomic E-state index is 0.0349. The first-order chi connectivity index (χ1) is 13.7. The Labute approximate surface area is 167 Å². The lowest BCUT2D eigenvalue weighted by atomic mass is 10.2. The number of para-hydroxylation sites is 1. The molecule has 28 heavy (non-hydrogen) atoms. The van der Waals surface area contributed by atoms with E-state index < -0.39 is 0 Å². The molecule has 2 amide bonds.